The van der Waals surface area contributed by atoms with Crippen LogP contribution in [-0.2, 0) is 0 Å². The van der Waals surface area contributed by atoms with Gasteiger partial charge in [0, 0.05) is 9.50 Å². The number of rotatable bonds is 2. The zero-order chi connectivity index (χ0) is 12.4. The van der Waals surface area contributed by atoms with E-state index in [9.17, 15) is 0 Å². The van der Waals surface area contributed by atoms with Crippen LogP contribution in [-0.4, -0.2) is 0 Å². The SMILES string of the molecule is NC(c1ccc(Br)c(Cl)c1)c1ccccc1Cl. The van der Waals surface area contributed by atoms with E-state index in [0.29, 0.717) is 10.0 Å². The summed E-state index contributed by atoms with van der Waals surface area (Å²) in [5, 5.41) is 1.31. The molecule has 1 unspecified atom stereocenters. The van der Waals surface area contributed by atoms with Crippen LogP contribution in [0, 0.1) is 0 Å². The smallest absolute Gasteiger partial charge is 0.0566 e. The molecule has 17 heavy (non-hydrogen) atoms. The summed E-state index contributed by atoms with van der Waals surface area (Å²) in [5.41, 5.74) is 8.01. The molecule has 0 aromatic heterocycles. The van der Waals surface area contributed by atoms with Gasteiger partial charge >= 0.3 is 0 Å². The van der Waals surface area contributed by atoms with Gasteiger partial charge in [0.05, 0.1) is 11.1 Å². The molecule has 4 heteroatoms. The summed E-state index contributed by atoms with van der Waals surface area (Å²) in [5.74, 6) is 0. The molecule has 0 amide bonds. The molecule has 0 bridgehead atoms. The van der Waals surface area contributed by atoms with Gasteiger partial charge in [-0.15, -0.1) is 0 Å². The number of hydrogen-bond donors (Lipinski definition) is 1. The van der Waals surface area contributed by atoms with Crippen LogP contribution in [0.3, 0.4) is 0 Å². The average molecular weight is 331 g/mol. The Morgan fingerprint density at radius 1 is 1.00 bits per heavy atom. The van der Waals surface area contributed by atoms with Gasteiger partial charge in [-0.25, -0.2) is 0 Å². The minimum Gasteiger partial charge on any atom is -0.320 e. The van der Waals surface area contributed by atoms with E-state index in [1.54, 1.807) is 0 Å². The third-order valence-electron chi connectivity index (χ3n) is 2.54. The first-order chi connectivity index (χ1) is 8.09. The van der Waals surface area contributed by atoms with Crippen LogP contribution in [0.25, 0.3) is 0 Å². The number of nitrogens with two attached hydrogens (primary N) is 1. The summed E-state index contributed by atoms with van der Waals surface area (Å²) >= 11 is 15.5. The van der Waals surface area contributed by atoms with E-state index in [2.05, 4.69) is 15.9 Å². The second kappa shape index (κ2) is 5.40. The van der Waals surface area contributed by atoms with Gasteiger partial charge in [-0.3, -0.25) is 0 Å². The van der Waals surface area contributed by atoms with Gasteiger partial charge in [0.15, 0.2) is 0 Å². The molecule has 0 saturated carbocycles. The molecule has 88 valence electrons. The van der Waals surface area contributed by atoms with Crippen molar-refractivity contribution in [2.45, 2.75) is 6.04 Å². The lowest BCUT2D eigenvalue weighted by Gasteiger charge is -2.14. The zero-order valence-corrected chi connectivity index (χ0v) is 11.9. The van der Waals surface area contributed by atoms with Crippen molar-refractivity contribution in [3.63, 3.8) is 0 Å². The Bertz CT molecular complexity index is 543. The first-order valence-electron chi connectivity index (χ1n) is 5.04. The monoisotopic (exact) mass is 329 g/mol. The third-order valence-corrected chi connectivity index (χ3v) is 4.12. The van der Waals surface area contributed by atoms with Crippen LogP contribution in [0.15, 0.2) is 46.9 Å². The van der Waals surface area contributed by atoms with Gasteiger partial charge in [-0.2, -0.15) is 0 Å². The molecule has 0 fully saturated rings. The van der Waals surface area contributed by atoms with Crippen molar-refractivity contribution in [1.82, 2.24) is 0 Å². The molecular weight excluding hydrogens is 321 g/mol. The van der Waals surface area contributed by atoms with Crippen LogP contribution in [0.5, 0.6) is 0 Å². The quantitative estimate of drug-likeness (QED) is 0.840. The first kappa shape index (κ1) is 12.9. The Hall–Kier alpha value is -0.540. The summed E-state index contributed by atoms with van der Waals surface area (Å²) in [4.78, 5) is 0. The third kappa shape index (κ3) is 2.83. The predicted molar refractivity (Wildman–Crippen MR) is 76.6 cm³/mol. The average Bonchev–Trinajstić information content (AvgIpc) is 2.32. The Labute approximate surface area is 119 Å². The highest BCUT2D eigenvalue weighted by molar-refractivity contribution is 9.10. The summed E-state index contributed by atoms with van der Waals surface area (Å²) in [7, 11) is 0. The van der Waals surface area contributed by atoms with Crippen LogP contribution in [0.2, 0.25) is 10.0 Å². The lowest BCUT2D eigenvalue weighted by molar-refractivity contribution is 0.871. The standard InChI is InChI=1S/C13H10BrCl2N/c14-10-6-5-8(7-12(10)16)13(17)9-3-1-2-4-11(9)15/h1-7,13H,17H2. The highest BCUT2D eigenvalue weighted by atomic mass is 79.9. The fourth-order valence-corrected chi connectivity index (χ4v) is 2.30. The van der Waals surface area contributed by atoms with Crippen molar-refractivity contribution in [3.05, 3.63) is 68.1 Å². The Balaban J connectivity index is 2.40. The van der Waals surface area contributed by atoms with Crippen molar-refractivity contribution < 1.29 is 0 Å². The van der Waals surface area contributed by atoms with Crippen LogP contribution < -0.4 is 5.73 Å². The molecule has 1 nitrogen and oxygen atoms in total. The maximum atomic E-state index is 6.18. The van der Waals surface area contributed by atoms with E-state index in [-0.39, 0.29) is 6.04 Å². The maximum absolute atomic E-state index is 6.18. The lowest BCUT2D eigenvalue weighted by Crippen LogP contribution is -2.12. The zero-order valence-electron chi connectivity index (χ0n) is 8.83. The molecule has 1 atom stereocenters. The van der Waals surface area contributed by atoms with Gasteiger partial charge in [0.2, 0.25) is 0 Å². The molecule has 0 aliphatic heterocycles. The summed E-state index contributed by atoms with van der Waals surface area (Å²) in [6.07, 6.45) is 0. The molecule has 2 N–H and O–H groups in total. The van der Waals surface area contributed by atoms with Crippen molar-refractivity contribution in [3.8, 4) is 0 Å². The van der Waals surface area contributed by atoms with Crippen LogP contribution >= 0.6 is 39.1 Å². The Morgan fingerprint density at radius 3 is 2.35 bits per heavy atom. The lowest BCUT2D eigenvalue weighted by atomic mass is 10.00. The minimum absolute atomic E-state index is 0.269. The highest BCUT2D eigenvalue weighted by Gasteiger charge is 2.12. The van der Waals surface area contributed by atoms with Crippen molar-refractivity contribution in [1.29, 1.82) is 0 Å². The fraction of sp³-hybridized carbons (Fsp3) is 0.0769. The summed E-state index contributed by atoms with van der Waals surface area (Å²) in [6.45, 7) is 0. The molecule has 0 heterocycles. The summed E-state index contributed by atoms with van der Waals surface area (Å²) < 4.78 is 0.856. The molecule has 0 aliphatic rings. The topological polar surface area (TPSA) is 26.0 Å². The molecule has 0 radical (unpaired) electrons. The van der Waals surface area contributed by atoms with E-state index >= 15 is 0 Å². The molecule has 0 saturated heterocycles. The molecule has 0 aliphatic carbocycles. The number of benzene rings is 2. The van der Waals surface area contributed by atoms with E-state index in [4.69, 9.17) is 28.9 Å². The Morgan fingerprint density at radius 2 is 1.71 bits per heavy atom. The maximum Gasteiger partial charge on any atom is 0.0566 e. The van der Waals surface area contributed by atoms with E-state index < -0.39 is 0 Å². The van der Waals surface area contributed by atoms with Gasteiger partial charge in [0.1, 0.15) is 0 Å². The largest absolute Gasteiger partial charge is 0.320 e. The summed E-state index contributed by atoms with van der Waals surface area (Å²) in [6, 6.07) is 12.9. The van der Waals surface area contributed by atoms with Gasteiger partial charge in [-0.1, -0.05) is 47.5 Å². The van der Waals surface area contributed by atoms with Crippen molar-refractivity contribution in [2.24, 2.45) is 5.73 Å². The van der Waals surface area contributed by atoms with E-state index in [1.807, 2.05) is 42.5 Å². The number of halogens is 3. The second-order valence-electron chi connectivity index (χ2n) is 3.67. The first-order valence-corrected chi connectivity index (χ1v) is 6.59. The van der Waals surface area contributed by atoms with Gasteiger partial charge < -0.3 is 5.73 Å². The Kier molecular flexibility index (Phi) is 4.10. The molecule has 2 aromatic carbocycles. The minimum atomic E-state index is -0.269. The van der Waals surface area contributed by atoms with Crippen LogP contribution in [0.1, 0.15) is 17.2 Å². The van der Waals surface area contributed by atoms with Crippen LogP contribution in [0.4, 0.5) is 0 Å². The molecule has 2 aromatic rings. The number of hydrogen-bond acceptors (Lipinski definition) is 1. The second-order valence-corrected chi connectivity index (χ2v) is 5.34. The van der Waals surface area contributed by atoms with Gasteiger partial charge in [0.25, 0.3) is 0 Å². The molecular formula is C13H10BrCl2N. The normalized spacial score (nSPS) is 12.5. The van der Waals surface area contributed by atoms with E-state index in [0.717, 1.165) is 15.6 Å². The van der Waals surface area contributed by atoms with Gasteiger partial charge in [-0.05, 0) is 45.3 Å². The van der Waals surface area contributed by atoms with Crippen molar-refractivity contribution in [2.75, 3.05) is 0 Å². The van der Waals surface area contributed by atoms with E-state index in [1.165, 1.54) is 0 Å². The fourth-order valence-electron chi connectivity index (χ4n) is 1.61. The molecule has 0 spiro atoms. The molecule has 2 rings (SSSR count). The van der Waals surface area contributed by atoms with Crippen molar-refractivity contribution >= 4 is 39.1 Å². The highest BCUT2D eigenvalue weighted by Crippen LogP contribution is 2.30. The predicted octanol–water partition coefficient (Wildman–Crippen LogP) is 4.80.